The van der Waals surface area contributed by atoms with Crippen LogP contribution in [-0.2, 0) is 6.54 Å². The van der Waals surface area contributed by atoms with Crippen LogP contribution in [0.4, 0.5) is 14.5 Å². The predicted molar refractivity (Wildman–Crippen MR) is 85.0 cm³/mol. The zero-order valence-electron chi connectivity index (χ0n) is 12.7. The van der Waals surface area contributed by atoms with Crippen molar-refractivity contribution < 1.29 is 8.78 Å². The van der Waals surface area contributed by atoms with Gasteiger partial charge >= 0.3 is 0 Å². The fraction of sp³-hybridized carbons (Fsp3) is 0.278. The summed E-state index contributed by atoms with van der Waals surface area (Å²) in [6.45, 7) is 3.40. The van der Waals surface area contributed by atoms with Crippen LogP contribution in [0.15, 0.2) is 42.5 Å². The van der Waals surface area contributed by atoms with Gasteiger partial charge in [-0.3, -0.25) is 4.90 Å². The lowest BCUT2D eigenvalue weighted by Crippen LogP contribution is -2.46. The molecule has 1 aliphatic rings. The molecule has 3 nitrogen and oxygen atoms in total. The van der Waals surface area contributed by atoms with Gasteiger partial charge in [0.25, 0.3) is 0 Å². The summed E-state index contributed by atoms with van der Waals surface area (Å²) in [5.41, 5.74) is 1.54. The smallest absolute Gasteiger partial charge is 0.146 e. The molecule has 0 spiro atoms. The minimum absolute atomic E-state index is 0.209. The van der Waals surface area contributed by atoms with Crippen LogP contribution < -0.4 is 4.90 Å². The lowest BCUT2D eigenvalue weighted by Gasteiger charge is -2.36. The number of halogens is 2. The van der Waals surface area contributed by atoms with E-state index in [1.165, 1.54) is 12.1 Å². The second kappa shape index (κ2) is 6.76. The Morgan fingerprint density at radius 2 is 1.70 bits per heavy atom. The molecule has 1 saturated heterocycles. The van der Waals surface area contributed by atoms with Crippen molar-refractivity contribution >= 4 is 5.69 Å². The van der Waals surface area contributed by atoms with Crippen LogP contribution in [0.1, 0.15) is 11.1 Å². The van der Waals surface area contributed by atoms with E-state index in [2.05, 4.69) is 4.90 Å². The maximum absolute atomic E-state index is 13.9. The highest BCUT2D eigenvalue weighted by Gasteiger charge is 2.20. The highest BCUT2D eigenvalue weighted by atomic mass is 19.1. The van der Waals surface area contributed by atoms with Crippen LogP contribution in [0.5, 0.6) is 0 Å². The Kier molecular flexibility index (Phi) is 4.54. The number of benzene rings is 2. The summed E-state index contributed by atoms with van der Waals surface area (Å²) in [6.07, 6.45) is 0. The summed E-state index contributed by atoms with van der Waals surface area (Å²) in [5.74, 6) is -0.556. The maximum Gasteiger partial charge on any atom is 0.146 e. The van der Waals surface area contributed by atoms with Crippen LogP contribution in [0.3, 0.4) is 0 Å². The number of nitrogens with zero attached hydrogens (tertiary/aromatic N) is 3. The first kappa shape index (κ1) is 15.4. The van der Waals surface area contributed by atoms with Crippen LogP contribution in [0.2, 0.25) is 0 Å². The SMILES string of the molecule is N#Cc1ccc(CN2CCN(c3ccccc3F)CC2)c(F)c1. The molecule has 1 fully saturated rings. The van der Waals surface area contributed by atoms with Crippen molar-refractivity contribution in [1.29, 1.82) is 5.26 Å². The van der Waals surface area contributed by atoms with Crippen molar-refractivity contribution in [2.45, 2.75) is 6.54 Å². The van der Waals surface area contributed by atoms with E-state index in [4.69, 9.17) is 5.26 Å². The van der Waals surface area contributed by atoms with E-state index >= 15 is 0 Å². The van der Waals surface area contributed by atoms with Gasteiger partial charge in [0.2, 0.25) is 0 Å². The molecule has 5 heteroatoms. The maximum atomic E-state index is 13.9. The summed E-state index contributed by atoms with van der Waals surface area (Å²) >= 11 is 0. The van der Waals surface area contributed by atoms with E-state index in [1.54, 1.807) is 24.3 Å². The number of piperazine rings is 1. The molecule has 1 heterocycles. The normalized spacial score (nSPS) is 15.4. The van der Waals surface area contributed by atoms with Gasteiger partial charge in [-0.25, -0.2) is 8.78 Å². The van der Waals surface area contributed by atoms with Crippen LogP contribution in [0.25, 0.3) is 0 Å². The van der Waals surface area contributed by atoms with Crippen molar-refractivity contribution in [3.63, 3.8) is 0 Å². The molecule has 0 unspecified atom stereocenters. The number of hydrogen-bond donors (Lipinski definition) is 0. The molecular formula is C18H17F2N3. The zero-order chi connectivity index (χ0) is 16.2. The van der Waals surface area contributed by atoms with Crippen molar-refractivity contribution in [3.05, 3.63) is 65.2 Å². The highest BCUT2D eigenvalue weighted by Crippen LogP contribution is 2.21. The van der Waals surface area contributed by atoms with Gasteiger partial charge in [0.1, 0.15) is 11.6 Å². The molecule has 0 N–H and O–H groups in total. The Labute approximate surface area is 134 Å². The van der Waals surface area contributed by atoms with Crippen LogP contribution in [0, 0.1) is 23.0 Å². The van der Waals surface area contributed by atoms with Gasteiger partial charge in [-0.2, -0.15) is 5.26 Å². The van der Waals surface area contributed by atoms with E-state index < -0.39 is 0 Å². The molecule has 0 atom stereocenters. The first-order chi connectivity index (χ1) is 11.2. The summed E-state index contributed by atoms with van der Waals surface area (Å²) in [6, 6.07) is 13.3. The molecule has 2 aromatic rings. The molecular weight excluding hydrogens is 296 g/mol. The Morgan fingerprint density at radius 1 is 0.957 bits per heavy atom. The fourth-order valence-electron chi connectivity index (χ4n) is 2.84. The molecule has 1 aliphatic heterocycles. The fourth-order valence-corrected chi connectivity index (χ4v) is 2.84. The summed E-state index contributed by atoms with van der Waals surface area (Å²) in [7, 11) is 0. The minimum Gasteiger partial charge on any atom is -0.367 e. The number of anilines is 1. The molecule has 0 bridgehead atoms. The number of rotatable bonds is 3. The van der Waals surface area contributed by atoms with Crippen LogP contribution >= 0.6 is 0 Å². The quantitative estimate of drug-likeness (QED) is 0.872. The highest BCUT2D eigenvalue weighted by molar-refractivity contribution is 5.48. The topological polar surface area (TPSA) is 30.3 Å². The van der Waals surface area contributed by atoms with Gasteiger partial charge < -0.3 is 4.90 Å². The molecule has 2 aromatic carbocycles. The Morgan fingerprint density at radius 3 is 2.35 bits per heavy atom. The molecule has 118 valence electrons. The van der Waals surface area contributed by atoms with Gasteiger partial charge in [-0.15, -0.1) is 0 Å². The van der Waals surface area contributed by atoms with Crippen LogP contribution in [-0.4, -0.2) is 31.1 Å². The third kappa shape index (κ3) is 3.49. The van der Waals surface area contributed by atoms with Crippen molar-refractivity contribution in [1.82, 2.24) is 4.90 Å². The van der Waals surface area contributed by atoms with Gasteiger partial charge in [-0.1, -0.05) is 18.2 Å². The first-order valence-electron chi connectivity index (χ1n) is 7.58. The molecule has 0 amide bonds. The predicted octanol–water partition coefficient (Wildman–Crippen LogP) is 3.16. The van der Waals surface area contributed by atoms with E-state index in [0.717, 1.165) is 13.1 Å². The molecule has 0 aromatic heterocycles. The Bertz CT molecular complexity index is 731. The molecule has 0 radical (unpaired) electrons. The lowest BCUT2D eigenvalue weighted by molar-refractivity contribution is 0.246. The monoisotopic (exact) mass is 313 g/mol. The van der Waals surface area contributed by atoms with Gasteiger partial charge in [0.15, 0.2) is 0 Å². The standard InChI is InChI=1S/C18H17F2N3/c19-16-3-1-2-4-18(16)23-9-7-22(8-10-23)13-15-6-5-14(12-21)11-17(15)20/h1-6,11H,7-10,13H2. The minimum atomic E-state index is -0.347. The molecule has 3 rings (SSSR count). The average molecular weight is 313 g/mol. The van der Waals surface area contributed by atoms with E-state index in [-0.39, 0.29) is 11.6 Å². The van der Waals surface area contributed by atoms with Gasteiger partial charge in [0, 0.05) is 38.3 Å². The third-order valence-corrected chi connectivity index (χ3v) is 4.14. The van der Waals surface area contributed by atoms with Gasteiger partial charge in [0.05, 0.1) is 17.3 Å². The molecule has 0 saturated carbocycles. The molecule has 0 aliphatic carbocycles. The summed E-state index contributed by atoms with van der Waals surface area (Å²) in [4.78, 5) is 4.16. The average Bonchev–Trinajstić information content (AvgIpc) is 2.58. The number of hydrogen-bond acceptors (Lipinski definition) is 3. The second-order valence-corrected chi connectivity index (χ2v) is 5.63. The van der Waals surface area contributed by atoms with Crippen molar-refractivity contribution in [2.75, 3.05) is 31.1 Å². The lowest BCUT2D eigenvalue weighted by atomic mass is 10.1. The number of nitriles is 1. The third-order valence-electron chi connectivity index (χ3n) is 4.14. The van der Waals surface area contributed by atoms with E-state index in [0.29, 0.717) is 36.4 Å². The van der Waals surface area contributed by atoms with Crippen molar-refractivity contribution in [3.8, 4) is 6.07 Å². The summed E-state index contributed by atoms with van der Waals surface area (Å²) in [5, 5.41) is 8.77. The first-order valence-corrected chi connectivity index (χ1v) is 7.58. The Hall–Kier alpha value is -2.45. The summed E-state index contributed by atoms with van der Waals surface area (Å²) < 4.78 is 27.8. The largest absolute Gasteiger partial charge is 0.367 e. The number of para-hydroxylation sites is 1. The van der Waals surface area contributed by atoms with Gasteiger partial charge in [-0.05, 0) is 24.3 Å². The second-order valence-electron chi connectivity index (χ2n) is 5.63. The van der Waals surface area contributed by atoms with Crippen molar-refractivity contribution in [2.24, 2.45) is 0 Å². The Balaban J connectivity index is 1.62. The van der Waals surface area contributed by atoms with E-state index in [9.17, 15) is 8.78 Å². The van der Waals surface area contributed by atoms with E-state index in [1.807, 2.05) is 17.0 Å². The zero-order valence-corrected chi connectivity index (χ0v) is 12.7. The molecule has 23 heavy (non-hydrogen) atoms.